The summed E-state index contributed by atoms with van der Waals surface area (Å²) in [5.74, 6) is -0.0427. The SMILES string of the molecule is CC(C)C(C#N)c1nccc(-c2cccc(F)c2)n1. The number of benzene rings is 1. The van der Waals surface area contributed by atoms with E-state index in [4.69, 9.17) is 5.26 Å². The lowest BCUT2D eigenvalue weighted by Gasteiger charge is -2.12. The van der Waals surface area contributed by atoms with Crippen LogP contribution < -0.4 is 0 Å². The zero-order valence-electron chi connectivity index (χ0n) is 10.8. The van der Waals surface area contributed by atoms with E-state index in [2.05, 4.69) is 16.0 Å². The molecular weight excluding hydrogens is 241 g/mol. The van der Waals surface area contributed by atoms with Crippen molar-refractivity contribution in [3.05, 3.63) is 48.2 Å². The number of nitrogens with zero attached hydrogens (tertiary/aromatic N) is 3. The minimum atomic E-state index is -0.353. The van der Waals surface area contributed by atoms with E-state index in [9.17, 15) is 4.39 Å². The second kappa shape index (κ2) is 5.57. The lowest BCUT2D eigenvalue weighted by atomic mass is 9.96. The molecule has 1 aromatic carbocycles. The molecule has 0 amide bonds. The lowest BCUT2D eigenvalue weighted by Crippen LogP contribution is -2.09. The summed E-state index contributed by atoms with van der Waals surface area (Å²) in [5, 5.41) is 9.17. The van der Waals surface area contributed by atoms with Crippen LogP contribution in [0.15, 0.2) is 36.5 Å². The molecule has 0 aliphatic heterocycles. The van der Waals surface area contributed by atoms with E-state index in [0.29, 0.717) is 17.1 Å². The first-order valence-electron chi connectivity index (χ1n) is 6.10. The van der Waals surface area contributed by atoms with Gasteiger partial charge in [0.15, 0.2) is 0 Å². The Morgan fingerprint density at radius 2 is 2.05 bits per heavy atom. The van der Waals surface area contributed by atoms with E-state index < -0.39 is 0 Å². The topological polar surface area (TPSA) is 49.6 Å². The Balaban J connectivity index is 2.43. The van der Waals surface area contributed by atoms with Crippen molar-refractivity contribution >= 4 is 0 Å². The first kappa shape index (κ1) is 13.2. The van der Waals surface area contributed by atoms with Gasteiger partial charge in [0.2, 0.25) is 0 Å². The molecule has 0 fully saturated rings. The van der Waals surface area contributed by atoms with Crippen LogP contribution in [0.1, 0.15) is 25.6 Å². The average Bonchev–Trinajstić information content (AvgIpc) is 2.39. The summed E-state index contributed by atoms with van der Waals surface area (Å²) in [5.41, 5.74) is 1.31. The zero-order chi connectivity index (χ0) is 13.8. The molecule has 3 nitrogen and oxygen atoms in total. The predicted octanol–water partition coefficient (Wildman–Crippen LogP) is 3.55. The third-order valence-corrected chi connectivity index (χ3v) is 2.88. The fraction of sp³-hybridized carbons (Fsp3) is 0.267. The normalized spacial score (nSPS) is 12.2. The standard InChI is InChI=1S/C15H14FN3/c1-10(2)13(9-17)15-18-7-6-14(19-15)11-4-3-5-12(16)8-11/h3-8,10,13H,1-2H3. The second-order valence-electron chi connectivity index (χ2n) is 4.66. The maximum Gasteiger partial charge on any atom is 0.146 e. The molecule has 1 atom stereocenters. The van der Waals surface area contributed by atoms with Gasteiger partial charge in [0.05, 0.1) is 11.8 Å². The van der Waals surface area contributed by atoms with Gasteiger partial charge in [-0.05, 0) is 24.1 Å². The Morgan fingerprint density at radius 1 is 1.26 bits per heavy atom. The molecular formula is C15H14FN3. The molecule has 2 rings (SSSR count). The maximum atomic E-state index is 13.2. The molecule has 0 spiro atoms. The monoisotopic (exact) mass is 255 g/mol. The first-order valence-corrected chi connectivity index (χ1v) is 6.10. The third-order valence-electron chi connectivity index (χ3n) is 2.88. The Bertz CT molecular complexity index is 617. The van der Waals surface area contributed by atoms with Crippen molar-refractivity contribution in [2.45, 2.75) is 19.8 Å². The van der Waals surface area contributed by atoms with E-state index in [1.54, 1.807) is 24.4 Å². The molecule has 0 saturated heterocycles. The fourth-order valence-corrected chi connectivity index (χ4v) is 1.84. The van der Waals surface area contributed by atoms with Crippen molar-refractivity contribution < 1.29 is 4.39 Å². The molecule has 0 aliphatic rings. The second-order valence-corrected chi connectivity index (χ2v) is 4.66. The van der Waals surface area contributed by atoms with E-state index in [1.807, 2.05) is 13.8 Å². The Labute approximate surface area is 111 Å². The number of hydrogen-bond acceptors (Lipinski definition) is 3. The summed E-state index contributed by atoms with van der Waals surface area (Å²) < 4.78 is 13.2. The molecule has 2 aromatic rings. The Kier molecular flexibility index (Phi) is 3.86. The van der Waals surface area contributed by atoms with Crippen LogP contribution in [0.3, 0.4) is 0 Å². The van der Waals surface area contributed by atoms with Gasteiger partial charge in [-0.2, -0.15) is 5.26 Å². The van der Waals surface area contributed by atoms with Crippen LogP contribution in [0, 0.1) is 23.1 Å². The van der Waals surface area contributed by atoms with Gasteiger partial charge in [0, 0.05) is 11.8 Å². The van der Waals surface area contributed by atoms with Gasteiger partial charge in [0.25, 0.3) is 0 Å². The van der Waals surface area contributed by atoms with Gasteiger partial charge < -0.3 is 0 Å². The zero-order valence-corrected chi connectivity index (χ0v) is 10.8. The van der Waals surface area contributed by atoms with Crippen LogP contribution in [0.25, 0.3) is 11.3 Å². The highest BCUT2D eigenvalue weighted by Gasteiger charge is 2.18. The molecule has 0 aliphatic carbocycles. The van der Waals surface area contributed by atoms with Crippen LogP contribution in [0.4, 0.5) is 4.39 Å². The van der Waals surface area contributed by atoms with Gasteiger partial charge in [-0.25, -0.2) is 14.4 Å². The van der Waals surface area contributed by atoms with Gasteiger partial charge in [-0.15, -0.1) is 0 Å². The average molecular weight is 255 g/mol. The Morgan fingerprint density at radius 3 is 2.68 bits per heavy atom. The molecule has 0 saturated carbocycles. The summed E-state index contributed by atoms with van der Waals surface area (Å²) in [4.78, 5) is 8.53. The van der Waals surface area contributed by atoms with Gasteiger partial charge in [-0.1, -0.05) is 26.0 Å². The minimum Gasteiger partial charge on any atom is -0.240 e. The van der Waals surface area contributed by atoms with Crippen LogP contribution in [0.2, 0.25) is 0 Å². The minimum absolute atomic E-state index is 0.132. The highest BCUT2D eigenvalue weighted by atomic mass is 19.1. The first-order chi connectivity index (χ1) is 9.11. The molecule has 0 bridgehead atoms. The number of halogens is 1. The van der Waals surface area contributed by atoms with Crippen LogP contribution in [-0.2, 0) is 0 Å². The van der Waals surface area contributed by atoms with E-state index >= 15 is 0 Å². The number of hydrogen-bond donors (Lipinski definition) is 0. The van der Waals surface area contributed by atoms with Crippen molar-refractivity contribution in [2.24, 2.45) is 5.92 Å². The van der Waals surface area contributed by atoms with E-state index in [-0.39, 0.29) is 17.7 Å². The summed E-state index contributed by atoms with van der Waals surface area (Å²) in [6.45, 7) is 3.90. The van der Waals surface area contributed by atoms with Crippen LogP contribution in [0.5, 0.6) is 0 Å². The van der Waals surface area contributed by atoms with E-state index in [1.165, 1.54) is 12.1 Å². The summed E-state index contributed by atoms with van der Waals surface area (Å²) in [7, 11) is 0. The number of rotatable bonds is 3. The van der Waals surface area contributed by atoms with Crippen molar-refractivity contribution in [3.63, 3.8) is 0 Å². The highest BCUT2D eigenvalue weighted by molar-refractivity contribution is 5.58. The fourth-order valence-electron chi connectivity index (χ4n) is 1.84. The summed E-state index contributed by atoms with van der Waals surface area (Å²) >= 11 is 0. The van der Waals surface area contributed by atoms with Gasteiger partial charge in [0.1, 0.15) is 17.6 Å². The molecule has 0 N–H and O–H groups in total. The maximum absolute atomic E-state index is 13.2. The molecule has 19 heavy (non-hydrogen) atoms. The Hall–Kier alpha value is -2.28. The van der Waals surface area contributed by atoms with Crippen molar-refractivity contribution in [1.29, 1.82) is 5.26 Å². The lowest BCUT2D eigenvalue weighted by molar-refractivity contribution is 0.561. The predicted molar refractivity (Wildman–Crippen MR) is 70.6 cm³/mol. The highest BCUT2D eigenvalue weighted by Crippen LogP contribution is 2.23. The number of aromatic nitrogens is 2. The van der Waals surface area contributed by atoms with Crippen molar-refractivity contribution in [2.75, 3.05) is 0 Å². The van der Waals surface area contributed by atoms with Crippen molar-refractivity contribution in [3.8, 4) is 17.3 Å². The number of nitriles is 1. The van der Waals surface area contributed by atoms with Crippen molar-refractivity contribution in [1.82, 2.24) is 9.97 Å². The molecule has 4 heteroatoms. The molecule has 1 unspecified atom stereocenters. The summed E-state index contributed by atoms with van der Waals surface area (Å²) in [6.07, 6.45) is 1.61. The smallest absolute Gasteiger partial charge is 0.146 e. The van der Waals surface area contributed by atoms with Gasteiger partial charge >= 0.3 is 0 Å². The molecule has 1 aromatic heterocycles. The van der Waals surface area contributed by atoms with Gasteiger partial charge in [-0.3, -0.25) is 0 Å². The largest absolute Gasteiger partial charge is 0.240 e. The molecule has 96 valence electrons. The third kappa shape index (κ3) is 2.94. The van der Waals surface area contributed by atoms with Crippen LogP contribution in [-0.4, -0.2) is 9.97 Å². The summed E-state index contributed by atoms with van der Waals surface area (Å²) in [6, 6.07) is 10.1. The molecule has 0 radical (unpaired) electrons. The van der Waals surface area contributed by atoms with Crippen LogP contribution >= 0.6 is 0 Å². The molecule has 1 heterocycles. The van der Waals surface area contributed by atoms with E-state index in [0.717, 1.165) is 0 Å². The quantitative estimate of drug-likeness (QED) is 0.842.